The van der Waals surface area contributed by atoms with Gasteiger partial charge in [-0.05, 0) is 48.5 Å². The first-order valence-electron chi connectivity index (χ1n) is 8.91. The highest BCUT2D eigenvalue weighted by atomic mass is 35.5. The molecule has 0 aromatic heterocycles. The fourth-order valence-electron chi connectivity index (χ4n) is 2.76. The van der Waals surface area contributed by atoms with Gasteiger partial charge in [0.2, 0.25) is 11.8 Å². The van der Waals surface area contributed by atoms with Crippen LogP contribution < -0.4 is 15.4 Å². The molecule has 0 saturated carbocycles. The summed E-state index contributed by atoms with van der Waals surface area (Å²) in [6, 6.07) is 16.7. The van der Waals surface area contributed by atoms with Gasteiger partial charge >= 0.3 is 0 Å². The summed E-state index contributed by atoms with van der Waals surface area (Å²) in [6.07, 6.45) is 0. The molecule has 10 heteroatoms. The lowest BCUT2D eigenvalue weighted by molar-refractivity contribution is -0.114. The number of halogens is 2. The number of amides is 2. The summed E-state index contributed by atoms with van der Waals surface area (Å²) in [4.78, 5) is 23.9. The second-order valence-corrected chi connectivity index (χ2v) is 8.69. The van der Waals surface area contributed by atoms with Crippen molar-refractivity contribution in [1.82, 2.24) is 0 Å². The van der Waals surface area contributed by atoms with Crippen LogP contribution in [0, 0.1) is 5.82 Å². The highest BCUT2D eigenvalue weighted by Gasteiger charge is 2.27. The summed E-state index contributed by atoms with van der Waals surface area (Å²) in [5, 5.41) is 2.24. The Morgan fingerprint density at radius 1 is 1.00 bits per heavy atom. The van der Waals surface area contributed by atoms with Crippen molar-refractivity contribution in [2.45, 2.75) is 4.90 Å². The molecule has 31 heavy (non-hydrogen) atoms. The van der Waals surface area contributed by atoms with Crippen molar-refractivity contribution < 1.29 is 22.4 Å². The van der Waals surface area contributed by atoms with E-state index in [4.69, 9.17) is 17.3 Å². The molecule has 3 rings (SSSR count). The summed E-state index contributed by atoms with van der Waals surface area (Å²) in [5.41, 5.74) is 5.68. The van der Waals surface area contributed by atoms with Gasteiger partial charge in [-0.25, -0.2) is 12.8 Å². The third-order valence-electron chi connectivity index (χ3n) is 4.24. The average Bonchev–Trinajstić information content (AvgIpc) is 2.75. The lowest BCUT2D eigenvalue weighted by Gasteiger charge is -2.24. The second kappa shape index (κ2) is 9.15. The van der Waals surface area contributed by atoms with E-state index in [1.165, 1.54) is 54.6 Å². The Morgan fingerprint density at radius 2 is 1.71 bits per heavy atom. The lowest BCUT2D eigenvalue weighted by Crippen LogP contribution is -2.38. The smallest absolute Gasteiger partial charge is 0.264 e. The number of anilines is 2. The Kier molecular flexibility index (Phi) is 6.57. The highest BCUT2D eigenvalue weighted by Crippen LogP contribution is 2.27. The van der Waals surface area contributed by atoms with E-state index >= 15 is 0 Å². The van der Waals surface area contributed by atoms with E-state index in [1.807, 2.05) is 0 Å². The quantitative estimate of drug-likeness (QED) is 0.561. The van der Waals surface area contributed by atoms with Crippen LogP contribution in [0.2, 0.25) is 5.02 Å². The molecular formula is C21H17ClFN3O4S. The third kappa shape index (κ3) is 5.19. The SMILES string of the molecule is NC(=O)c1cccc(NC(=O)CN(c2ccc(F)c(Cl)c2)S(=O)(=O)c2ccccc2)c1. The molecule has 0 atom stereocenters. The summed E-state index contributed by atoms with van der Waals surface area (Å²) < 4.78 is 40.9. The van der Waals surface area contributed by atoms with E-state index in [0.29, 0.717) is 0 Å². The predicted octanol–water partition coefficient (Wildman–Crippen LogP) is 3.41. The molecule has 0 spiro atoms. The number of nitrogens with zero attached hydrogens (tertiary/aromatic N) is 1. The fourth-order valence-corrected chi connectivity index (χ4v) is 4.36. The van der Waals surface area contributed by atoms with E-state index in [9.17, 15) is 22.4 Å². The average molecular weight is 462 g/mol. The van der Waals surface area contributed by atoms with Crippen molar-refractivity contribution in [3.05, 3.63) is 89.2 Å². The molecule has 3 aromatic carbocycles. The first-order chi connectivity index (χ1) is 14.7. The van der Waals surface area contributed by atoms with Crippen molar-refractivity contribution in [1.29, 1.82) is 0 Å². The minimum Gasteiger partial charge on any atom is -0.366 e. The molecule has 3 aromatic rings. The number of benzene rings is 3. The van der Waals surface area contributed by atoms with E-state index in [-0.39, 0.29) is 26.9 Å². The molecule has 0 aliphatic heterocycles. The largest absolute Gasteiger partial charge is 0.366 e. The van der Waals surface area contributed by atoms with Gasteiger partial charge in [-0.1, -0.05) is 35.9 Å². The van der Waals surface area contributed by atoms with Gasteiger partial charge in [0.15, 0.2) is 0 Å². The first-order valence-corrected chi connectivity index (χ1v) is 10.7. The van der Waals surface area contributed by atoms with Gasteiger partial charge in [0.05, 0.1) is 15.6 Å². The summed E-state index contributed by atoms with van der Waals surface area (Å²) in [6.45, 7) is -0.625. The molecule has 0 aliphatic rings. The van der Waals surface area contributed by atoms with Crippen LogP contribution in [0.15, 0.2) is 77.7 Å². The summed E-state index contributed by atoms with van der Waals surface area (Å²) >= 11 is 5.83. The van der Waals surface area contributed by atoms with E-state index in [0.717, 1.165) is 16.4 Å². The number of hydrogen-bond acceptors (Lipinski definition) is 4. The summed E-state index contributed by atoms with van der Waals surface area (Å²) in [7, 11) is -4.18. The van der Waals surface area contributed by atoms with Crippen LogP contribution in [-0.4, -0.2) is 26.8 Å². The van der Waals surface area contributed by atoms with Crippen LogP contribution in [0.1, 0.15) is 10.4 Å². The molecule has 160 valence electrons. The van der Waals surface area contributed by atoms with Gasteiger partial charge in [-0.15, -0.1) is 0 Å². The maximum absolute atomic E-state index is 13.6. The van der Waals surface area contributed by atoms with Crippen LogP contribution in [0.3, 0.4) is 0 Å². The minimum atomic E-state index is -4.18. The third-order valence-corrected chi connectivity index (χ3v) is 6.32. The zero-order chi connectivity index (χ0) is 22.6. The number of carbonyl (C=O) groups is 2. The Balaban J connectivity index is 1.95. The number of nitrogens with two attached hydrogens (primary N) is 1. The Bertz CT molecular complexity index is 1240. The molecule has 0 aliphatic carbocycles. The molecule has 0 bridgehead atoms. The second-order valence-electron chi connectivity index (χ2n) is 6.42. The normalized spacial score (nSPS) is 11.0. The van der Waals surface area contributed by atoms with E-state index < -0.39 is 34.2 Å². The van der Waals surface area contributed by atoms with Crippen LogP contribution >= 0.6 is 11.6 Å². The summed E-state index contributed by atoms with van der Waals surface area (Å²) in [5.74, 6) is -2.10. The standard InChI is InChI=1S/C21H17ClFN3O4S/c22-18-12-16(9-10-19(18)23)26(31(29,30)17-7-2-1-3-8-17)13-20(27)25-15-6-4-5-14(11-15)21(24)28/h1-12H,13H2,(H2,24,28)(H,25,27). The topological polar surface area (TPSA) is 110 Å². The van der Waals surface area contributed by atoms with Crippen molar-refractivity contribution in [3.8, 4) is 0 Å². The maximum atomic E-state index is 13.6. The van der Waals surface area contributed by atoms with Gasteiger partial charge < -0.3 is 11.1 Å². The first kappa shape index (κ1) is 22.3. The maximum Gasteiger partial charge on any atom is 0.264 e. The fraction of sp³-hybridized carbons (Fsp3) is 0.0476. The van der Waals surface area contributed by atoms with Gasteiger partial charge in [0.25, 0.3) is 10.0 Å². The highest BCUT2D eigenvalue weighted by molar-refractivity contribution is 7.92. The molecule has 0 saturated heterocycles. The molecule has 7 nitrogen and oxygen atoms in total. The van der Waals surface area contributed by atoms with Crippen LogP contribution in [0.5, 0.6) is 0 Å². The molecule has 0 heterocycles. The van der Waals surface area contributed by atoms with Crippen molar-refractivity contribution in [2.75, 3.05) is 16.2 Å². The predicted molar refractivity (Wildman–Crippen MR) is 116 cm³/mol. The van der Waals surface area contributed by atoms with Crippen molar-refractivity contribution in [3.63, 3.8) is 0 Å². The molecule has 2 amide bonds. The number of hydrogen-bond donors (Lipinski definition) is 2. The van der Waals surface area contributed by atoms with Crippen molar-refractivity contribution in [2.24, 2.45) is 5.73 Å². The van der Waals surface area contributed by atoms with Crippen LogP contribution in [-0.2, 0) is 14.8 Å². The van der Waals surface area contributed by atoms with Gasteiger partial charge in [0, 0.05) is 11.3 Å². The van der Waals surface area contributed by atoms with E-state index in [2.05, 4.69) is 5.32 Å². The van der Waals surface area contributed by atoms with Crippen LogP contribution in [0.4, 0.5) is 15.8 Å². The number of sulfonamides is 1. The monoisotopic (exact) mass is 461 g/mol. The van der Waals surface area contributed by atoms with Crippen LogP contribution in [0.25, 0.3) is 0 Å². The molecule has 0 radical (unpaired) electrons. The lowest BCUT2D eigenvalue weighted by atomic mass is 10.2. The number of primary amides is 1. The van der Waals surface area contributed by atoms with Gasteiger partial charge in [0.1, 0.15) is 12.4 Å². The Labute approximate surface area is 183 Å². The zero-order valence-electron chi connectivity index (χ0n) is 16.0. The molecular weight excluding hydrogens is 445 g/mol. The minimum absolute atomic E-state index is 0.0105. The molecule has 0 unspecified atom stereocenters. The molecule has 0 fully saturated rings. The number of nitrogens with one attached hydrogen (secondary N) is 1. The number of rotatable bonds is 7. The van der Waals surface area contributed by atoms with Crippen molar-refractivity contribution >= 4 is 44.8 Å². The Morgan fingerprint density at radius 3 is 2.35 bits per heavy atom. The van der Waals surface area contributed by atoms with E-state index in [1.54, 1.807) is 6.07 Å². The van der Waals surface area contributed by atoms with Gasteiger partial charge in [-0.2, -0.15) is 0 Å². The zero-order valence-corrected chi connectivity index (χ0v) is 17.5. The Hall–Kier alpha value is -3.43. The molecule has 3 N–H and O–H groups in total. The number of carbonyl (C=O) groups excluding carboxylic acids is 2. The van der Waals surface area contributed by atoms with Gasteiger partial charge in [-0.3, -0.25) is 13.9 Å².